The van der Waals surface area contributed by atoms with Crippen LogP contribution in [0.25, 0.3) is 0 Å². The Balaban J connectivity index is 2.12. The zero-order valence-electron chi connectivity index (χ0n) is 4.76. The molecule has 2 aliphatic rings. The van der Waals surface area contributed by atoms with Gasteiger partial charge in [-0.05, 0) is 19.3 Å². The lowest BCUT2D eigenvalue weighted by atomic mass is 10.1. The van der Waals surface area contributed by atoms with Crippen LogP contribution in [0.15, 0.2) is 0 Å². The third kappa shape index (κ3) is 0.446. The number of ether oxygens (including phenoxy) is 1. The third-order valence-electron chi connectivity index (χ3n) is 2.20. The summed E-state index contributed by atoms with van der Waals surface area (Å²) in [4.78, 5) is 0. The topological polar surface area (TPSA) is 32.8 Å². The van der Waals surface area contributed by atoms with E-state index in [0.29, 0.717) is 0 Å². The largest absolute Gasteiger partial charge is 0.390 e. The van der Waals surface area contributed by atoms with Crippen LogP contribution in [0.3, 0.4) is 0 Å². The summed E-state index contributed by atoms with van der Waals surface area (Å²) in [5, 5.41) is 9.19. The van der Waals surface area contributed by atoms with Gasteiger partial charge in [0.2, 0.25) is 0 Å². The smallest absolute Gasteiger partial charge is 0.117 e. The molecule has 8 heavy (non-hydrogen) atoms. The highest BCUT2D eigenvalue weighted by molar-refractivity contribution is 5.02. The summed E-state index contributed by atoms with van der Waals surface area (Å²) in [5.74, 6) is 0. The van der Waals surface area contributed by atoms with Gasteiger partial charge in [0.25, 0.3) is 0 Å². The van der Waals surface area contributed by atoms with Crippen LogP contribution in [0, 0.1) is 0 Å². The molecule has 2 nitrogen and oxygen atoms in total. The molecule has 0 aromatic heterocycles. The van der Waals surface area contributed by atoms with Gasteiger partial charge < -0.3 is 9.84 Å². The first-order valence-electron chi connectivity index (χ1n) is 3.16. The van der Waals surface area contributed by atoms with Crippen LogP contribution < -0.4 is 0 Å². The SMILES string of the molecule is OC1CCC[C@@]12CO2. The molecule has 2 atom stereocenters. The quantitative estimate of drug-likeness (QED) is 0.459. The summed E-state index contributed by atoms with van der Waals surface area (Å²) in [6.45, 7) is 0.800. The molecule has 2 fully saturated rings. The van der Waals surface area contributed by atoms with Gasteiger partial charge in [-0.15, -0.1) is 0 Å². The van der Waals surface area contributed by atoms with Crippen LogP contribution >= 0.6 is 0 Å². The van der Waals surface area contributed by atoms with Crippen molar-refractivity contribution in [1.29, 1.82) is 0 Å². The summed E-state index contributed by atoms with van der Waals surface area (Å²) in [6, 6.07) is 0. The Bertz CT molecular complexity index is 107. The van der Waals surface area contributed by atoms with Crippen molar-refractivity contribution in [2.75, 3.05) is 6.61 Å². The molecule has 1 N–H and O–H groups in total. The first-order valence-corrected chi connectivity index (χ1v) is 3.16. The second-order valence-electron chi connectivity index (χ2n) is 2.76. The minimum absolute atomic E-state index is 0.0417. The van der Waals surface area contributed by atoms with Crippen LogP contribution in [0.4, 0.5) is 0 Å². The second kappa shape index (κ2) is 1.25. The lowest BCUT2D eigenvalue weighted by molar-refractivity contribution is 0.0998. The molecule has 1 aliphatic heterocycles. The van der Waals surface area contributed by atoms with Gasteiger partial charge in [-0.25, -0.2) is 0 Å². The van der Waals surface area contributed by atoms with Crippen LogP contribution in [-0.4, -0.2) is 23.4 Å². The van der Waals surface area contributed by atoms with Crippen molar-refractivity contribution in [2.24, 2.45) is 0 Å². The number of epoxide rings is 1. The van der Waals surface area contributed by atoms with E-state index >= 15 is 0 Å². The molecule has 1 spiro atoms. The maximum Gasteiger partial charge on any atom is 0.117 e. The monoisotopic (exact) mass is 114 g/mol. The van der Waals surface area contributed by atoms with Gasteiger partial charge >= 0.3 is 0 Å². The molecule has 2 rings (SSSR count). The Hall–Kier alpha value is -0.0800. The van der Waals surface area contributed by atoms with E-state index in [1.54, 1.807) is 0 Å². The Labute approximate surface area is 48.5 Å². The predicted octanol–water partition coefficient (Wildman–Crippen LogP) is 0.300. The number of aliphatic hydroxyl groups is 1. The van der Waals surface area contributed by atoms with Crippen molar-refractivity contribution < 1.29 is 9.84 Å². The molecular weight excluding hydrogens is 104 g/mol. The summed E-state index contributed by atoms with van der Waals surface area (Å²) < 4.78 is 5.12. The molecule has 1 heterocycles. The molecule has 0 aromatic carbocycles. The highest BCUT2D eigenvalue weighted by atomic mass is 16.6. The van der Waals surface area contributed by atoms with Gasteiger partial charge in [0.1, 0.15) is 5.60 Å². The fraction of sp³-hybridized carbons (Fsp3) is 1.00. The highest BCUT2D eigenvalue weighted by Gasteiger charge is 2.53. The van der Waals surface area contributed by atoms with E-state index in [0.717, 1.165) is 25.9 Å². The maximum absolute atomic E-state index is 9.19. The van der Waals surface area contributed by atoms with Crippen molar-refractivity contribution in [3.8, 4) is 0 Å². The molecule has 0 bridgehead atoms. The third-order valence-corrected chi connectivity index (χ3v) is 2.20. The fourth-order valence-electron chi connectivity index (χ4n) is 1.45. The average molecular weight is 114 g/mol. The first-order chi connectivity index (χ1) is 3.83. The maximum atomic E-state index is 9.19. The molecular formula is C6H10O2. The molecule has 1 saturated heterocycles. The second-order valence-corrected chi connectivity index (χ2v) is 2.76. The number of rotatable bonds is 0. The lowest BCUT2D eigenvalue weighted by Gasteiger charge is -2.05. The minimum atomic E-state index is -0.150. The van der Waals surface area contributed by atoms with Crippen LogP contribution in [0.2, 0.25) is 0 Å². The Kier molecular flexibility index (Phi) is 0.746. The Morgan fingerprint density at radius 2 is 2.38 bits per heavy atom. The van der Waals surface area contributed by atoms with Crippen molar-refractivity contribution in [2.45, 2.75) is 31.0 Å². The zero-order chi connectivity index (χ0) is 5.61. The Morgan fingerprint density at radius 3 is 2.62 bits per heavy atom. The van der Waals surface area contributed by atoms with E-state index in [1.165, 1.54) is 0 Å². The van der Waals surface area contributed by atoms with Crippen molar-refractivity contribution in [1.82, 2.24) is 0 Å². The van der Waals surface area contributed by atoms with E-state index < -0.39 is 0 Å². The number of hydrogen-bond donors (Lipinski definition) is 1. The standard InChI is InChI=1S/C6H10O2/c7-5-2-1-3-6(5)4-8-6/h5,7H,1-4H2/t5?,6-/m1/s1. The van der Waals surface area contributed by atoms with Crippen LogP contribution in [-0.2, 0) is 4.74 Å². The fourth-order valence-corrected chi connectivity index (χ4v) is 1.45. The van der Waals surface area contributed by atoms with Gasteiger partial charge in [-0.3, -0.25) is 0 Å². The number of aliphatic hydroxyl groups excluding tert-OH is 1. The minimum Gasteiger partial charge on any atom is -0.390 e. The molecule has 0 radical (unpaired) electrons. The first kappa shape index (κ1) is 4.77. The summed E-state index contributed by atoms with van der Waals surface area (Å²) in [6.07, 6.45) is 3.01. The molecule has 0 amide bonds. The van der Waals surface area contributed by atoms with Gasteiger partial charge in [0, 0.05) is 0 Å². The van der Waals surface area contributed by atoms with Gasteiger partial charge in [-0.2, -0.15) is 0 Å². The van der Waals surface area contributed by atoms with E-state index in [2.05, 4.69) is 0 Å². The van der Waals surface area contributed by atoms with Crippen molar-refractivity contribution in [3.63, 3.8) is 0 Å². The van der Waals surface area contributed by atoms with E-state index in [9.17, 15) is 5.11 Å². The molecule has 1 aliphatic carbocycles. The molecule has 1 unspecified atom stereocenters. The van der Waals surface area contributed by atoms with Crippen LogP contribution in [0.1, 0.15) is 19.3 Å². The van der Waals surface area contributed by atoms with Gasteiger partial charge in [0.15, 0.2) is 0 Å². The normalized spacial score (nSPS) is 52.9. The van der Waals surface area contributed by atoms with E-state index in [1.807, 2.05) is 0 Å². The molecule has 0 aromatic rings. The Morgan fingerprint density at radius 1 is 1.62 bits per heavy atom. The number of hydrogen-bond acceptors (Lipinski definition) is 2. The van der Waals surface area contributed by atoms with E-state index in [-0.39, 0.29) is 11.7 Å². The highest BCUT2D eigenvalue weighted by Crippen LogP contribution is 2.43. The van der Waals surface area contributed by atoms with Crippen molar-refractivity contribution >= 4 is 0 Å². The molecule has 2 heteroatoms. The summed E-state index contributed by atoms with van der Waals surface area (Å²) >= 11 is 0. The zero-order valence-corrected chi connectivity index (χ0v) is 4.76. The predicted molar refractivity (Wildman–Crippen MR) is 28.5 cm³/mol. The van der Waals surface area contributed by atoms with Gasteiger partial charge in [0.05, 0.1) is 12.7 Å². The summed E-state index contributed by atoms with van der Waals surface area (Å²) in [7, 11) is 0. The lowest BCUT2D eigenvalue weighted by Crippen LogP contribution is -2.21. The van der Waals surface area contributed by atoms with Crippen LogP contribution in [0.5, 0.6) is 0 Å². The van der Waals surface area contributed by atoms with Gasteiger partial charge in [-0.1, -0.05) is 0 Å². The molecule has 1 saturated carbocycles. The summed E-state index contributed by atoms with van der Waals surface area (Å²) in [5.41, 5.74) is -0.0417. The van der Waals surface area contributed by atoms with Crippen molar-refractivity contribution in [3.05, 3.63) is 0 Å². The average Bonchev–Trinajstić information content (AvgIpc) is 2.39. The molecule has 46 valence electrons. The van der Waals surface area contributed by atoms with E-state index in [4.69, 9.17) is 4.74 Å².